The Bertz CT molecular complexity index is 1750. The van der Waals surface area contributed by atoms with E-state index in [0.717, 1.165) is 5.02 Å². The van der Waals surface area contributed by atoms with Crippen LogP contribution in [-0.4, -0.2) is 0 Å². The topological polar surface area (TPSA) is 0 Å². The second-order valence-corrected chi connectivity index (χ2v) is 10.3. The maximum absolute atomic E-state index is 6.75. The Morgan fingerprint density at radius 2 is 1.00 bits per heavy atom. The molecule has 0 saturated carbocycles. The van der Waals surface area contributed by atoms with Gasteiger partial charge in [-0.15, -0.1) is 0 Å². The van der Waals surface area contributed by atoms with Gasteiger partial charge in [-0.05, 0) is 73.8 Å². The molecule has 1 aliphatic carbocycles. The molecule has 180 valence electrons. The lowest BCUT2D eigenvalue weighted by Gasteiger charge is -2.34. The Labute approximate surface area is 228 Å². The smallest absolute Gasteiger partial charge is 0.0714 e. The first-order valence-corrected chi connectivity index (χ1v) is 13.4. The summed E-state index contributed by atoms with van der Waals surface area (Å²) in [5.41, 5.74) is 11.8. The average molecular weight is 505 g/mol. The Hall–Kier alpha value is -4.39. The van der Waals surface area contributed by atoms with Crippen molar-refractivity contribution in [1.82, 2.24) is 0 Å². The van der Waals surface area contributed by atoms with Crippen molar-refractivity contribution in [3.63, 3.8) is 0 Å². The minimum Gasteiger partial charge on any atom is -0.0843 e. The number of fused-ring (bicyclic) bond motifs is 3. The summed E-state index contributed by atoms with van der Waals surface area (Å²) >= 11 is 6.75. The molecule has 7 rings (SSSR count). The molecule has 0 nitrogen and oxygen atoms in total. The van der Waals surface area contributed by atoms with Gasteiger partial charge in [0.1, 0.15) is 0 Å². The van der Waals surface area contributed by atoms with Crippen LogP contribution in [0.25, 0.3) is 33.4 Å². The molecule has 1 atom stereocenters. The lowest BCUT2D eigenvalue weighted by molar-refractivity contribution is 0.769. The highest BCUT2D eigenvalue weighted by molar-refractivity contribution is 6.30. The summed E-state index contributed by atoms with van der Waals surface area (Å²) in [4.78, 5) is 0. The Morgan fingerprint density at radius 3 is 1.74 bits per heavy atom. The Morgan fingerprint density at radius 1 is 0.395 bits per heavy atom. The molecular formula is C37H25Cl. The molecule has 0 aromatic heterocycles. The van der Waals surface area contributed by atoms with Gasteiger partial charge >= 0.3 is 0 Å². The van der Waals surface area contributed by atoms with Crippen LogP contribution in [0.3, 0.4) is 0 Å². The first kappa shape index (κ1) is 22.8. The van der Waals surface area contributed by atoms with Crippen LogP contribution in [0, 0.1) is 0 Å². The van der Waals surface area contributed by atoms with Gasteiger partial charge in [0.25, 0.3) is 0 Å². The van der Waals surface area contributed by atoms with Gasteiger partial charge in [-0.3, -0.25) is 0 Å². The van der Waals surface area contributed by atoms with Crippen molar-refractivity contribution in [1.29, 1.82) is 0 Å². The minimum atomic E-state index is -0.508. The summed E-state index contributed by atoms with van der Waals surface area (Å²) in [5.74, 6) is 0. The van der Waals surface area contributed by atoms with Crippen LogP contribution in [0.2, 0.25) is 5.02 Å². The van der Waals surface area contributed by atoms with Crippen LogP contribution >= 0.6 is 11.6 Å². The summed E-state index contributed by atoms with van der Waals surface area (Å²) in [6, 6.07) is 54.3. The quantitative estimate of drug-likeness (QED) is 0.223. The maximum Gasteiger partial charge on any atom is 0.0714 e. The highest BCUT2D eigenvalue weighted by Crippen LogP contribution is 2.58. The monoisotopic (exact) mass is 504 g/mol. The summed E-state index contributed by atoms with van der Waals surface area (Å²) < 4.78 is 0. The third kappa shape index (κ3) is 3.45. The van der Waals surface area contributed by atoms with Gasteiger partial charge in [0.15, 0.2) is 0 Å². The molecule has 0 N–H and O–H groups in total. The Balaban J connectivity index is 1.61. The van der Waals surface area contributed by atoms with Gasteiger partial charge in [0, 0.05) is 5.02 Å². The van der Waals surface area contributed by atoms with E-state index in [0.29, 0.717) is 0 Å². The number of rotatable bonds is 4. The predicted octanol–water partition coefficient (Wildman–Crippen LogP) is 10.0. The van der Waals surface area contributed by atoms with Crippen molar-refractivity contribution in [3.05, 3.63) is 179 Å². The minimum absolute atomic E-state index is 0.508. The van der Waals surface area contributed by atoms with Gasteiger partial charge in [0.2, 0.25) is 0 Å². The molecular weight excluding hydrogens is 480 g/mol. The normalized spacial score (nSPS) is 15.6. The van der Waals surface area contributed by atoms with E-state index < -0.39 is 5.41 Å². The van der Waals surface area contributed by atoms with Gasteiger partial charge < -0.3 is 0 Å². The molecule has 0 aliphatic heterocycles. The summed E-state index contributed by atoms with van der Waals surface area (Å²) in [6.07, 6.45) is 0. The molecule has 38 heavy (non-hydrogen) atoms. The molecule has 0 heterocycles. The molecule has 6 aromatic rings. The van der Waals surface area contributed by atoms with Crippen LogP contribution in [0.4, 0.5) is 0 Å². The second kappa shape index (κ2) is 9.17. The number of hydrogen-bond donors (Lipinski definition) is 0. The van der Waals surface area contributed by atoms with Crippen molar-refractivity contribution >= 4 is 11.6 Å². The van der Waals surface area contributed by atoms with Crippen LogP contribution in [-0.2, 0) is 5.41 Å². The van der Waals surface area contributed by atoms with Gasteiger partial charge in [0.05, 0.1) is 5.41 Å². The SMILES string of the molecule is Clc1ccc2c(c1)C(c1ccccc1)(c1cccc(-c3ccccc3)c1)c1cccc(-c3ccccc3)c1-2. The van der Waals surface area contributed by atoms with Crippen molar-refractivity contribution in [2.75, 3.05) is 0 Å². The fourth-order valence-electron chi connectivity index (χ4n) is 6.24. The van der Waals surface area contributed by atoms with Crippen molar-refractivity contribution in [2.45, 2.75) is 5.41 Å². The van der Waals surface area contributed by atoms with E-state index in [1.807, 2.05) is 6.07 Å². The van der Waals surface area contributed by atoms with E-state index in [9.17, 15) is 0 Å². The third-order valence-corrected chi connectivity index (χ3v) is 8.05. The Kier molecular flexibility index (Phi) is 5.50. The molecule has 6 aromatic carbocycles. The number of hydrogen-bond acceptors (Lipinski definition) is 0. The van der Waals surface area contributed by atoms with Crippen LogP contribution in [0.15, 0.2) is 152 Å². The zero-order valence-corrected chi connectivity index (χ0v) is 21.6. The van der Waals surface area contributed by atoms with Crippen molar-refractivity contribution in [2.24, 2.45) is 0 Å². The summed E-state index contributed by atoms with van der Waals surface area (Å²) in [7, 11) is 0. The zero-order chi connectivity index (χ0) is 25.5. The first-order valence-electron chi connectivity index (χ1n) is 13.0. The van der Waals surface area contributed by atoms with Crippen molar-refractivity contribution < 1.29 is 0 Å². The third-order valence-electron chi connectivity index (χ3n) is 7.82. The lowest BCUT2D eigenvalue weighted by Crippen LogP contribution is -2.28. The van der Waals surface area contributed by atoms with E-state index in [-0.39, 0.29) is 0 Å². The molecule has 1 heteroatoms. The summed E-state index contributed by atoms with van der Waals surface area (Å²) in [6.45, 7) is 0. The van der Waals surface area contributed by atoms with E-state index in [2.05, 4.69) is 146 Å². The van der Waals surface area contributed by atoms with Gasteiger partial charge in [-0.25, -0.2) is 0 Å². The van der Waals surface area contributed by atoms with E-state index in [4.69, 9.17) is 11.6 Å². The fourth-order valence-corrected chi connectivity index (χ4v) is 6.41. The van der Waals surface area contributed by atoms with E-state index in [1.165, 1.54) is 55.6 Å². The number of halogens is 1. The molecule has 0 spiro atoms. The maximum atomic E-state index is 6.75. The molecule has 0 radical (unpaired) electrons. The van der Waals surface area contributed by atoms with Gasteiger partial charge in [-0.2, -0.15) is 0 Å². The van der Waals surface area contributed by atoms with Crippen LogP contribution in [0.5, 0.6) is 0 Å². The largest absolute Gasteiger partial charge is 0.0843 e. The molecule has 1 unspecified atom stereocenters. The number of benzene rings is 6. The van der Waals surface area contributed by atoms with Gasteiger partial charge in [-0.1, -0.05) is 145 Å². The molecule has 0 bridgehead atoms. The lowest BCUT2D eigenvalue weighted by atomic mass is 9.67. The average Bonchev–Trinajstić information content (AvgIpc) is 3.29. The van der Waals surface area contributed by atoms with Crippen molar-refractivity contribution in [3.8, 4) is 33.4 Å². The van der Waals surface area contributed by atoms with Crippen LogP contribution < -0.4 is 0 Å². The molecule has 1 aliphatic rings. The van der Waals surface area contributed by atoms with E-state index in [1.54, 1.807) is 0 Å². The molecule has 0 amide bonds. The highest BCUT2D eigenvalue weighted by Gasteiger charge is 2.47. The predicted molar refractivity (Wildman–Crippen MR) is 160 cm³/mol. The van der Waals surface area contributed by atoms with E-state index >= 15 is 0 Å². The fraction of sp³-hybridized carbons (Fsp3) is 0.0270. The first-order chi connectivity index (χ1) is 18.8. The zero-order valence-electron chi connectivity index (χ0n) is 20.8. The van der Waals surface area contributed by atoms with Crippen LogP contribution in [0.1, 0.15) is 22.3 Å². The highest BCUT2D eigenvalue weighted by atomic mass is 35.5. The molecule has 0 fully saturated rings. The standard InChI is InChI=1S/C37H25Cl/c38-31-22-23-33-35(25-31)37(29-17-8-3-9-18-29,30-19-10-16-28(24-30)26-12-4-1-5-13-26)34-21-11-20-32(36(33)34)27-14-6-2-7-15-27/h1-25H. The second-order valence-electron chi connectivity index (χ2n) is 9.85. The summed E-state index contributed by atoms with van der Waals surface area (Å²) in [5, 5.41) is 0.748. The molecule has 0 saturated heterocycles.